The molecule has 0 amide bonds. The van der Waals surface area contributed by atoms with E-state index in [1.807, 2.05) is 24.0 Å². The first-order valence-corrected chi connectivity index (χ1v) is 4.20. The summed E-state index contributed by atoms with van der Waals surface area (Å²) in [5.41, 5.74) is 5.57. The van der Waals surface area contributed by atoms with Gasteiger partial charge >= 0.3 is 0 Å². The third kappa shape index (κ3) is 2.26. The Morgan fingerprint density at radius 2 is 2.60 bits per heavy atom. The Bertz CT molecular complexity index is 207. The highest BCUT2D eigenvalue weighted by atomic mass is 127. The van der Waals surface area contributed by atoms with E-state index in [0.717, 1.165) is 10.1 Å². The van der Waals surface area contributed by atoms with Crippen molar-refractivity contribution in [2.75, 3.05) is 0 Å². The highest BCUT2D eigenvalue weighted by Crippen LogP contribution is 2.00. The molecule has 1 heterocycles. The van der Waals surface area contributed by atoms with Crippen LogP contribution in [-0.2, 0) is 6.54 Å². The predicted octanol–water partition coefficient (Wildman–Crippen LogP) is 0.835. The summed E-state index contributed by atoms with van der Waals surface area (Å²) in [6.45, 7) is 2.76. The molecule has 0 saturated heterocycles. The Hall–Kier alpha value is -0.100. The molecule has 1 unspecified atom stereocenters. The summed E-state index contributed by atoms with van der Waals surface area (Å²) in [5, 5.41) is 4.09. The minimum atomic E-state index is 0.177. The standard InChI is InChI=1S/C6H10IN3/c1-5(8)3-10-4-6(7)2-9-10/h2,4-5H,3,8H2,1H3. The van der Waals surface area contributed by atoms with Gasteiger partial charge in [-0.1, -0.05) is 0 Å². The molecule has 3 nitrogen and oxygen atoms in total. The molecule has 1 rings (SSSR count). The van der Waals surface area contributed by atoms with Crippen molar-refractivity contribution >= 4 is 22.6 Å². The smallest absolute Gasteiger partial charge is 0.0623 e. The van der Waals surface area contributed by atoms with Gasteiger partial charge in [0.1, 0.15) is 0 Å². The van der Waals surface area contributed by atoms with Crippen LogP contribution in [0.1, 0.15) is 6.92 Å². The van der Waals surface area contributed by atoms with Crippen LogP contribution in [0, 0.1) is 3.57 Å². The third-order valence-corrected chi connectivity index (χ3v) is 1.63. The lowest BCUT2D eigenvalue weighted by Gasteiger charge is -2.02. The number of nitrogens with zero attached hydrogens (tertiary/aromatic N) is 2. The van der Waals surface area contributed by atoms with Gasteiger partial charge in [0.15, 0.2) is 0 Å². The number of halogens is 1. The van der Waals surface area contributed by atoms with Gasteiger partial charge < -0.3 is 5.73 Å². The van der Waals surface area contributed by atoms with Crippen molar-refractivity contribution in [3.63, 3.8) is 0 Å². The van der Waals surface area contributed by atoms with Crippen molar-refractivity contribution in [2.45, 2.75) is 19.5 Å². The van der Waals surface area contributed by atoms with Crippen LogP contribution in [0.3, 0.4) is 0 Å². The van der Waals surface area contributed by atoms with E-state index in [0.29, 0.717) is 0 Å². The van der Waals surface area contributed by atoms with E-state index in [1.54, 1.807) is 0 Å². The predicted molar refractivity (Wildman–Crippen MR) is 48.6 cm³/mol. The normalized spacial score (nSPS) is 13.5. The Kier molecular flexibility index (Phi) is 2.67. The van der Waals surface area contributed by atoms with Gasteiger partial charge in [0.2, 0.25) is 0 Å². The minimum absolute atomic E-state index is 0.177. The van der Waals surface area contributed by atoms with Gasteiger partial charge in [-0.15, -0.1) is 0 Å². The topological polar surface area (TPSA) is 43.8 Å². The lowest BCUT2D eigenvalue weighted by Crippen LogP contribution is -2.22. The van der Waals surface area contributed by atoms with Crippen LogP contribution < -0.4 is 5.73 Å². The van der Waals surface area contributed by atoms with E-state index in [2.05, 4.69) is 27.7 Å². The first kappa shape index (κ1) is 8.00. The number of rotatable bonds is 2. The number of aromatic nitrogens is 2. The second-order valence-corrected chi connectivity index (χ2v) is 3.60. The molecule has 0 aliphatic heterocycles. The van der Waals surface area contributed by atoms with E-state index >= 15 is 0 Å². The molecular formula is C6H10IN3. The molecule has 0 bridgehead atoms. The summed E-state index contributed by atoms with van der Waals surface area (Å²) >= 11 is 2.22. The summed E-state index contributed by atoms with van der Waals surface area (Å²) in [6.07, 6.45) is 3.80. The molecule has 0 fully saturated rings. The van der Waals surface area contributed by atoms with E-state index < -0.39 is 0 Å². The molecule has 4 heteroatoms. The lowest BCUT2D eigenvalue weighted by molar-refractivity contribution is 0.538. The van der Waals surface area contributed by atoms with E-state index in [4.69, 9.17) is 5.73 Å². The number of hydrogen-bond donors (Lipinski definition) is 1. The molecule has 10 heavy (non-hydrogen) atoms. The average Bonchev–Trinajstić information content (AvgIpc) is 2.13. The second kappa shape index (κ2) is 3.34. The highest BCUT2D eigenvalue weighted by molar-refractivity contribution is 14.1. The van der Waals surface area contributed by atoms with Crippen LogP contribution in [-0.4, -0.2) is 15.8 Å². The van der Waals surface area contributed by atoms with Gasteiger partial charge in [0, 0.05) is 12.2 Å². The van der Waals surface area contributed by atoms with Crippen molar-refractivity contribution < 1.29 is 0 Å². The first-order chi connectivity index (χ1) is 4.68. The maximum Gasteiger partial charge on any atom is 0.0623 e. The molecule has 0 aromatic carbocycles. The first-order valence-electron chi connectivity index (χ1n) is 3.12. The van der Waals surface area contributed by atoms with Crippen LogP contribution in [0.15, 0.2) is 12.4 Å². The quantitative estimate of drug-likeness (QED) is 0.791. The van der Waals surface area contributed by atoms with Gasteiger partial charge in [-0.25, -0.2) is 0 Å². The molecule has 1 atom stereocenters. The Morgan fingerprint density at radius 1 is 1.90 bits per heavy atom. The fraction of sp³-hybridized carbons (Fsp3) is 0.500. The van der Waals surface area contributed by atoms with Crippen LogP contribution >= 0.6 is 22.6 Å². The van der Waals surface area contributed by atoms with Crippen LogP contribution in [0.5, 0.6) is 0 Å². The maximum atomic E-state index is 5.57. The Balaban J connectivity index is 2.58. The minimum Gasteiger partial charge on any atom is -0.326 e. The van der Waals surface area contributed by atoms with Gasteiger partial charge in [-0.05, 0) is 29.5 Å². The summed E-state index contributed by atoms with van der Waals surface area (Å²) < 4.78 is 3.00. The van der Waals surface area contributed by atoms with Gasteiger partial charge in [-0.3, -0.25) is 4.68 Å². The summed E-state index contributed by atoms with van der Waals surface area (Å²) in [7, 11) is 0. The van der Waals surface area contributed by atoms with Gasteiger partial charge in [0.05, 0.1) is 16.3 Å². The molecule has 0 radical (unpaired) electrons. The molecule has 1 aromatic rings. The molecule has 0 aliphatic carbocycles. The summed E-state index contributed by atoms with van der Waals surface area (Å²) in [5.74, 6) is 0. The van der Waals surface area contributed by atoms with Crippen molar-refractivity contribution in [1.29, 1.82) is 0 Å². The molecule has 1 aromatic heterocycles. The molecular weight excluding hydrogens is 241 g/mol. The highest BCUT2D eigenvalue weighted by Gasteiger charge is 1.96. The molecule has 2 N–H and O–H groups in total. The molecule has 0 spiro atoms. The third-order valence-electron chi connectivity index (χ3n) is 1.08. The van der Waals surface area contributed by atoms with Crippen molar-refractivity contribution in [3.8, 4) is 0 Å². The van der Waals surface area contributed by atoms with Crippen molar-refractivity contribution in [2.24, 2.45) is 5.73 Å². The zero-order chi connectivity index (χ0) is 7.56. The van der Waals surface area contributed by atoms with E-state index in [-0.39, 0.29) is 6.04 Å². The summed E-state index contributed by atoms with van der Waals surface area (Å²) in [4.78, 5) is 0. The van der Waals surface area contributed by atoms with Crippen molar-refractivity contribution in [3.05, 3.63) is 16.0 Å². The van der Waals surface area contributed by atoms with E-state index in [1.165, 1.54) is 0 Å². The average molecular weight is 251 g/mol. The van der Waals surface area contributed by atoms with Crippen molar-refractivity contribution in [1.82, 2.24) is 9.78 Å². The zero-order valence-corrected chi connectivity index (χ0v) is 7.95. The summed E-state index contributed by atoms with van der Waals surface area (Å²) in [6, 6.07) is 0.177. The second-order valence-electron chi connectivity index (χ2n) is 2.36. The number of nitrogens with two attached hydrogens (primary N) is 1. The van der Waals surface area contributed by atoms with Crippen LogP contribution in [0.2, 0.25) is 0 Å². The lowest BCUT2D eigenvalue weighted by atomic mass is 10.4. The Labute approximate surface area is 73.7 Å². The monoisotopic (exact) mass is 251 g/mol. The van der Waals surface area contributed by atoms with Crippen LogP contribution in [0.25, 0.3) is 0 Å². The largest absolute Gasteiger partial charge is 0.326 e. The maximum absolute atomic E-state index is 5.57. The molecule has 56 valence electrons. The Morgan fingerprint density at radius 3 is 3.00 bits per heavy atom. The molecule has 0 aliphatic rings. The van der Waals surface area contributed by atoms with Crippen LogP contribution in [0.4, 0.5) is 0 Å². The number of hydrogen-bond acceptors (Lipinski definition) is 2. The van der Waals surface area contributed by atoms with Gasteiger partial charge in [-0.2, -0.15) is 5.10 Å². The van der Waals surface area contributed by atoms with E-state index in [9.17, 15) is 0 Å². The fourth-order valence-corrected chi connectivity index (χ4v) is 1.18. The fourth-order valence-electron chi connectivity index (χ4n) is 0.733. The van der Waals surface area contributed by atoms with Gasteiger partial charge in [0.25, 0.3) is 0 Å². The SMILES string of the molecule is CC(N)Cn1cc(I)cn1. The molecule has 0 saturated carbocycles. The zero-order valence-electron chi connectivity index (χ0n) is 5.79.